The van der Waals surface area contributed by atoms with Gasteiger partial charge < -0.3 is 5.73 Å². The first-order valence-electron chi connectivity index (χ1n) is 5.56. The van der Waals surface area contributed by atoms with Crippen LogP contribution in [-0.4, -0.2) is 26.0 Å². The number of nitrogens with two attached hydrogens (primary N) is 1. The average Bonchev–Trinajstić information content (AvgIpc) is 2.77. The van der Waals surface area contributed by atoms with Gasteiger partial charge in [0.1, 0.15) is 5.82 Å². The van der Waals surface area contributed by atoms with Crippen LogP contribution >= 0.6 is 11.8 Å². The van der Waals surface area contributed by atoms with Crippen LogP contribution in [0.3, 0.4) is 0 Å². The number of nitrogen functional groups attached to an aromatic ring is 1. The topological polar surface area (TPSA) is 72.2 Å². The molecular formula is C11H15FN2O2S2. The molecule has 7 heteroatoms. The lowest BCUT2D eigenvalue weighted by molar-refractivity contribution is 0.562. The van der Waals surface area contributed by atoms with Crippen LogP contribution in [-0.2, 0) is 10.0 Å². The van der Waals surface area contributed by atoms with Crippen LogP contribution in [0, 0.1) is 12.7 Å². The highest BCUT2D eigenvalue weighted by atomic mass is 32.2. The van der Waals surface area contributed by atoms with Gasteiger partial charge in [0.2, 0.25) is 10.0 Å². The fourth-order valence-electron chi connectivity index (χ4n) is 1.83. The van der Waals surface area contributed by atoms with Crippen molar-refractivity contribution in [3.63, 3.8) is 0 Å². The molecule has 100 valence electrons. The van der Waals surface area contributed by atoms with Gasteiger partial charge in [-0.05, 0) is 36.8 Å². The zero-order chi connectivity index (χ0) is 13.3. The van der Waals surface area contributed by atoms with E-state index in [0.29, 0.717) is 0 Å². The van der Waals surface area contributed by atoms with Gasteiger partial charge in [0.05, 0.1) is 10.6 Å². The van der Waals surface area contributed by atoms with Gasteiger partial charge in [-0.15, -0.1) is 0 Å². The molecule has 1 unspecified atom stereocenters. The van der Waals surface area contributed by atoms with Crippen molar-refractivity contribution in [2.24, 2.45) is 0 Å². The standard InChI is InChI=1S/C11H15FN2O2S2/c1-7-4-9(5-10(13)11(7)12)18(15,16)14-8-2-3-17-6-8/h4-5,8,14H,2-3,6,13H2,1H3. The van der Waals surface area contributed by atoms with E-state index in [4.69, 9.17) is 5.73 Å². The molecule has 1 atom stereocenters. The van der Waals surface area contributed by atoms with Gasteiger partial charge in [-0.2, -0.15) is 11.8 Å². The quantitative estimate of drug-likeness (QED) is 0.828. The van der Waals surface area contributed by atoms with E-state index in [1.807, 2.05) is 0 Å². The summed E-state index contributed by atoms with van der Waals surface area (Å²) in [4.78, 5) is 0.0239. The molecule has 1 aromatic carbocycles. The minimum atomic E-state index is -3.62. The number of anilines is 1. The Morgan fingerprint density at radius 3 is 2.78 bits per heavy atom. The zero-order valence-electron chi connectivity index (χ0n) is 9.94. The highest BCUT2D eigenvalue weighted by Gasteiger charge is 2.24. The number of aryl methyl sites for hydroxylation is 1. The molecule has 1 heterocycles. The van der Waals surface area contributed by atoms with E-state index >= 15 is 0 Å². The second-order valence-electron chi connectivity index (χ2n) is 4.33. The summed E-state index contributed by atoms with van der Waals surface area (Å²) in [5, 5.41) is 0. The van der Waals surface area contributed by atoms with Gasteiger partial charge in [-0.1, -0.05) is 0 Å². The average molecular weight is 290 g/mol. The molecule has 2 rings (SSSR count). The predicted octanol–water partition coefficient (Wildman–Crippen LogP) is 1.50. The molecule has 0 radical (unpaired) electrons. The summed E-state index contributed by atoms with van der Waals surface area (Å²) in [5.74, 6) is 1.16. The smallest absolute Gasteiger partial charge is 0.240 e. The SMILES string of the molecule is Cc1cc(S(=O)(=O)NC2CCSC2)cc(N)c1F. The predicted molar refractivity (Wildman–Crippen MR) is 71.6 cm³/mol. The molecule has 1 saturated heterocycles. The van der Waals surface area contributed by atoms with Crippen molar-refractivity contribution in [1.82, 2.24) is 4.72 Å². The van der Waals surface area contributed by atoms with Crippen molar-refractivity contribution in [3.05, 3.63) is 23.5 Å². The molecule has 1 aromatic rings. The van der Waals surface area contributed by atoms with Crippen molar-refractivity contribution in [2.75, 3.05) is 17.2 Å². The first-order chi connectivity index (χ1) is 8.40. The fraction of sp³-hybridized carbons (Fsp3) is 0.455. The van der Waals surface area contributed by atoms with E-state index < -0.39 is 15.8 Å². The van der Waals surface area contributed by atoms with Crippen LogP contribution in [0.1, 0.15) is 12.0 Å². The Morgan fingerprint density at radius 1 is 1.50 bits per heavy atom. The van der Waals surface area contributed by atoms with Crippen LogP contribution in [0.5, 0.6) is 0 Å². The number of benzene rings is 1. The van der Waals surface area contributed by atoms with Crippen LogP contribution in [0.4, 0.5) is 10.1 Å². The highest BCUT2D eigenvalue weighted by molar-refractivity contribution is 7.99. The number of nitrogens with one attached hydrogen (secondary N) is 1. The van der Waals surface area contributed by atoms with Gasteiger partial charge in [-0.25, -0.2) is 17.5 Å². The van der Waals surface area contributed by atoms with Gasteiger partial charge in [0, 0.05) is 11.8 Å². The Bertz CT molecular complexity index is 531. The highest BCUT2D eigenvalue weighted by Crippen LogP contribution is 2.23. The second-order valence-corrected chi connectivity index (χ2v) is 7.19. The van der Waals surface area contributed by atoms with E-state index in [-0.39, 0.29) is 22.2 Å². The van der Waals surface area contributed by atoms with E-state index in [2.05, 4.69) is 4.72 Å². The van der Waals surface area contributed by atoms with E-state index in [1.54, 1.807) is 11.8 Å². The Balaban J connectivity index is 2.29. The number of hydrogen-bond acceptors (Lipinski definition) is 4. The lowest BCUT2D eigenvalue weighted by Gasteiger charge is -2.13. The molecule has 4 nitrogen and oxygen atoms in total. The molecule has 1 aliphatic heterocycles. The third-order valence-electron chi connectivity index (χ3n) is 2.82. The Morgan fingerprint density at radius 2 is 2.22 bits per heavy atom. The maximum Gasteiger partial charge on any atom is 0.240 e. The third kappa shape index (κ3) is 2.78. The van der Waals surface area contributed by atoms with Crippen molar-refractivity contribution in [2.45, 2.75) is 24.3 Å². The van der Waals surface area contributed by atoms with Crippen LogP contribution in [0.25, 0.3) is 0 Å². The number of hydrogen-bond donors (Lipinski definition) is 2. The Labute approximate surface area is 110 Å². The summed E-state index contributed by atoms with van der Waals surface area (Å²) in [6.07, 6.45) is 0.819. The number of sulfonamides is 1. The Kier molecular flexibility index (Phi) is 3.84. The molecule has 0 saturated carbocycles. The molecule has 1 aliphatic rings. The largest absolute Gasteiger partial charge is 0.396 e. The van der Waals surface area contributed by atoms with Gasteiger partial charge in [0.25, 0.3) is 0 Å². The molecule has 0 aliphatic carbocycles. The van der Waals surface area contributed by atoms with Crippen molar-refractivity contribution in [1.29, 1.82) is 0 Å². The fourth-order valence-corrected chi connectivity index (χ4v) is 4.48. The summed E-state index contributed by atoms with van der Waals surface area (Å²) in [6, 6.07) is 2.41. The number of halogens is 1. The minimum absolute atomic E-state index is 0.0239. The lowest BCUT2D eigenvalue weighted by atomic mass is 10.2. The van der Waals surface area contributed by atoms with Gasteiger partial charge in [-0.3, -0.25) is 0 Å². The van der Waals surface area contributed by atoms with Crippen LogP contribution in [0.2, 0.25) is 0 Å². The van der Waals surface area contributed by atoms with Gasteiger partial charge in [0.15, 0.2) is 0 Å². The molecule has 3 N–H and O–H groups in total. The Hall–Kier alpha value is -0.790. The first kappa shape index (κ1) is 13.6. The van der Waals surface area contributed by atoms with Crippen molar-refractivity contribution < 1.29 is 12.8 Å². The first-order valence-corrected chi connectivity index (χ1v) is 8.19. The monoisotopic (exact) mass is 290 g/mol. The molecule has 0 amide bonds. The molecule has 0 spiro atoms. The molecule has 0 aromatic heterocycles. The minimum Gasteiger partial charge on any atom is -0.396 e. The lowest BCUT2D eigenvalue weighted by Crippen LogP contribution is -2.34. The van der Waals surface area contributed by atoms with E-state index in [0.717, 1.165) is 24.0 Å². The molecular weight excluding hydrogens is 275 g/mol. The van der Waals surface area contributed by atoms with E-state index in [1.165, 1.54) is 13.0 Å². The summed E-state index contributed by atoms with van der Waals surface area (Å²) >= 11 is 1.72. The molecule has 1 fully saturated rings. The molecule has 0 bridgehead atoms. The van der Waals surface area contributed by atoms with Crippen molar-refractivity contribution >= 4 is 27.5 Å². The van der Waals surface area contributed by atoms with Crippen LogP contribution < -0.4 is 10.5 Å². The summed E-state index contributed by atoms with van der Waals surface area (Å²) < 4.78 is 40.2. The maximum absolute atomic E-state index is 13.4. The summed E-state index contributed by atoms with van der Waals surface area (Å²) in [5.41, 5.74) is 5.55. The zero-order valence-corrected chi connectivity index (χ0v) is 11.6. The number of thioether (sulfide) groups is 1. The normalized spacial score (nSPS) is 20.2. The maximum atomic E-state index is 13.4. The van der Waals surface area contributed by atoms with Crippen LogP contribution in [0.15, 0.2) is 17.0 Å². The summed E-state index contributed by atoms with van der Waals surface area (Å²) in [7, 11) is -3.62. The summed E-state index contributed by atoms with van der Waals surface area (Å²) in [6.45, 7) is 1.50. The number of rotatable bonds is 3. The second kappa shape index (κ2) is 5.07. The van der Waals surface area contributed by atoms with E-state index in [9.17, 15) is 12.8 Å². The molecule has 18 heavy (non-hydrogen) atoms. The van der Waals surface area contributed by atoms with Gasteiger partial charge >= 0.3 is 0 Å². The third-order valence-corrected chi connectivity index (χ3v) is 5.48. The van der Waals surface area contributed by atoms with Crippen molar-refractivity contribution in [3.8, 4) is 0 Å².